The number of likely N-dealkylation sites (tertiary alicyclic amines) is 1. The number of nitrogens with zero attached hydrogens (tertiary/aromatic N) is 4. The van der Waals surface area contributed by atoms with Crippen molar-refractivity contribution in [3.63, 3.8) is 0 Å². The van der Waals surface area contributed by atoms with Crippen molar-refractivity contribution < 1.29 is 23.9 Å². The van der Waals surface area contributed by atoms with Crippen molar-refractivity contribution in [2.75, 3.05) is 46.3 Å². The monoisotopic (exact) mass is 660 g/mol. The lowest BCUT2D eigenvalue weighted by Crippen LogP contribution is -2.52. The normalized spacial score (nSPS) is 17.7. The van der Waals surface area contributed by atoms with Crippen LogP contribution >= 0.6 is 0 Å². The first-order valence-electron chi connectivity index (χ1n) is 16.1. The fourth-order valence-corrected chi connectivity index (χ4v) is 6.75. The zero-order valence-corrected chi connectivity index (χ0v) is 27.8. The lowest BCUT2D eigenvalue weighted by Gasteiger charge is -2.37. The van der Waals surface area contributed by atoms with Crippen molar-refractivity contribution in [3.8, 4) is 34.5 Å². The number of piperidine rings is 1. The average molecular weight is 661 g/mol. The molecule has 1 atom stereocenters. The lowest BCUT2D eigenvalue weighted by atomic mass is 9.96. The van der Waals surface area contributed by atoms with Crippen LogP contribution < -0.4 is 25.2 Å². The summed E-state index contributed by atoms with van der Waals surface area (Å²) in [5, 5.41) is 3.62. The van der Waals surface area contributed by atoms with Gasteiger partial charge in [-0.25, -0.2) is 4.98 Å². The summed E-state index contributed by atoms with van der Waals surface area (Å²) in [5.41, 5.74) is 4.55. The van der Waals surface area contributed by atoms with Gasteiger partial charge in [-0.1, -0.05) is 17.9 Å². The SMILES string of the molecule is COc1cc(-c2c[nH]c(=O)c3cnc(N(C)C)cc23)cc(OC)c1CN1CC(C#Cc2ccc3c(c2)C(=O)N(C2CCC(=O)NC2=O)C3)C1. The van der Waals surface area contributed by atoms with E-state index in [9.17, 15) is 19.2 Å². The van der Waals surface area contributed by atoms with E-state index in [1.165, 1.54) is 0 Å². The number of rotatable bonds is 7. The number of fused-ring (bicyclic) bond motifs is 2. The highest BCUT2D eigenvalue weighted by Gasteiger charge is 2.39. The summed E-state index contributed by atoms with van der Waals surface area (Å²) < 4.78 is 11.7. The quantitative estimate of drug-likeness (QED) is 0.227. The minimum absolute atomic E-state index is 0.159. The van der Waals surface area contributed by atoms with Crippen LogP contribution in [0.15, 0.2) is 53.6 Å². The van der Waals surface area contributed by atoms with Gasteiger partial charge in [-0.3, -0.25) is 29.4 Å². The number of benzene rings is 2. The lowest BCUT2D eigenvalue weighted by molar-refractivity contribution is -0.136. The zero-order valence-electron chi connectivity index (χ0n) is 27.8. The topological polar surface area (TPSA) is 137 Å². The number of pyridine rings is 2. The Kier molecular flexibility index (Phi) is 8.30. The highest BCUT2D eigenvalue weighted by atomic mass is 16.5. The first kappa shape index (κ1) is 31.9. The van der Waals surface area contributed by atoms with Gasteiger partial charge >= 0.3 is 0 Å². The number of hydrogen-bond donors (Lipinski definition) is 2. The third-order valence-corrected chi connectivity index (χ3v) is 9.44. The van der Waals surface area contributed by atoms with Gasteiger partial charge in [0.2, 0.25) is 11.8 Å². The molecule has 3 aliphatic heterocycles. The van der Waals surface area contributed by atoms with Gasteiger partial charge in [0.15, 0.2) is 0 Å². The van der Waals surface area contributed by atoms with Gasteiger partial charge in [-0.2, -0.15) is 0 Å². The second-order valence-corrected chi connectivity index (χ2v) is 12.8. The molecule has 2 aromatic heterocycles. The van der Waals surface area contributed by atoms with Gasteiger partial charge in [0, 0.05) is 87.1 Å². The van der Waals surface area contributed by atoms with Gasteiger partial charge in [-0.15, -0.1) is 0 Å². The third kappa shape index (κ3) is 5.98. The van der Waals surface area contributed by atoms with Gasteiger partial charge in [0.05, 0.1) is 25.2 Å². The fraction of sp³-hybridized carbons (Fsp3) is 0.324. The van der Waals surface area contributed by atoms with Crippen molar-refractivity contribution in [1.82, 2.24) is 25.1 Å². The maximum Gasteiger partial charge on any atom is 0.257 e. The number of nitrogens with one attached hydrogen (secondary N) is 2. The van der Waals surface area contributed by atoms with Crippen LogP contribution in [-0.2, 0) is 22.7 Å². The molecule has 0 saturated carbocycles. The summed E-state index contributed by atoms with van der Waals surface area (Å²) in [5.74, 6) is 7.92. The molecule has 0 spiro atoms. The summed E-state index contributed by atoms with van der Waals surface area (Å²) in [6, 6.07) is 10.8. The number of amides is 3. The fourth-order valence-electron chi connectivity index (χ4n) is 6.75. The first-order chi connectivity index (χ1) is 23.6. The summed E-state index contributed by atoms with van der Waals surface area (Å²) >= 11 is 0. The number of imide groups is 1. The van der Waals surface area contributed by atoms with E-state index >= 15 is 0 Å². The predicted octanol–water partition coefficient (Wildman–Crippen LogP) is 2.92. The second-order valence-electron chi connectivity index (χ2n) is 12.8. The highest BCUT2D eigenvalue weighted by molar-refractivity contribution is 6.05. The van der Waals surface area contributed by atoms with E-state index in [-0.39, 0.29) is 29.7 Å². The second kappa shape index (κ2) is 12.7. The Morgan fingerprint density at radius 3 is 2.43 bits per heavy atom. The molecule has 2 fully saturated rings. The average Bonchev–Trinajstić information content (AvgIpc) is 3.40. The van der Waals surface area contributed by atoms with E-state index < -0.39 is 11.9 Å². The Morgan fingerprint density at radius 1 is 0.980 bits per heavy atom. The molecule has 7 rings (SSSR count). The minimum Gasteiger partial charge on any atom is -0.496 e. The van der Waals surface area contributed by atoms with Crippen molar-refractivity contribution in [1.29, 1.82) is 0 Å². The van der Waals surface area contributed by atoms with E-state index in [2.05, 4.69) is 32.0 Å². The molecule has 4 aromatic rings. The van der Waals surface area contributed by atoms with Crippen LogP contribution in [0.2, 0.25) is 0 Å². The standard InChI is InChI=1S/C37H36N6O6/c1-41(2)33-14-26-27(15-39-35(45)28(26)16-38-33)24-12-31(48-3)29(32(13-24)49-4)20-42-17-22(18-42)6-5-21-7-8-23-19-43(37(47)25(23)11-21)30-9-10-34(44)40-36(30)46/h7-8,11-16,22,30H,9-10,17-20H2,1-4H3,(H,39,45)(H,40,44,46). The Hall–Kier alpha value is -5.67. The van der Waals surface area contributed by atoms with E-state index in [4.69, 9.17) is 9.47 Å². The number of hydrogen-bond acceptors (Lipinski definition) is 9. The van der Waals surface area contributed by atoms with Crippen LogP contribution in [0.25, 0.3) is 21.9 Å². The minimum atomic E-state index is -0.640. The number of carbonyl (C=O) groups excluding carboxylic acids is 3. The summed E-state index contributed by atoms with van der Waals surface area (Å²) in [7, 11) is 7.08. The van der Waals surface area contributed by atoms with Crippen LogP contribution in [0.5, 0.6) is 11.5 Å². The molecule has 0 aliphatic carbocycles. The van der Waals surface area contributed by atoms with Crippen molar-refractivity contribution in [3.05, 3.63) is 81.4 Å². The number of anilines is 1. The predicted molar refractivity (Wildman–Crippen MR) is 183 cm³/mol. The Labute approximate surface area is 283 Å². The molecule has 2 saturated heterocycles. The smallest absolute Gasteiger partial charge is 0.257 e. The van der Waals surface area contributed by atoms with Gasteiger partial charge in [-0.05, 0) is 47.9 Å². The van der Waals surface area contributed by atoms with Crippen LogP contribution in [0.4, 0.5) is 5.82 Å². The van der Waals surface area contributed by atoms with E-state index in [0.717, 1.165) is 52.1 Å². The number of aromatic nitrogens is 2. The molecule has 1 unspecified atom stereocenters. The Morgan fingerprint density at radius 2 is 1.73 bits per heavy atom. The van der Waals surface area contributed by atoms with E-state index in [1.807, 2.05) is 49.3 Å². The van der Waals surface area contributed by atoms with E-state index in [0.29, 0.717) is 42.0 Å². The van der Waals surface area contributed by atoms with E-state index in [1.54, 1.807) is 37.6 Å². The van der Waals surface area contributed by atoms with Gasteiger partial charge < -0.3 is 24.3 Å². The van der Waals surface area contributed by atoms with Gasteiger partial charge in [0.1, 0.15) is 23.4 Å². The van der Waals surface area contributed by atoms with Crippen molar-refractivity contribution in [2.45, 2.75) is 32.0 Å². The first-order valence-corrected chi connectivity index (χ1v) is 16.1. The molecule has 2 aromatic carbocycles. The number of aromatic amines is 1. The van der Waals surface area contributed by atoms with Crippen LogP contribution in [0, 0.1) is 17.8 Å². The van der Waals surface area contributed by atoms with Gasteiger partial charge in [0.25, 0.3) is 11.5 Å². The molecule has 12 nitrogen and oxygen atoms in total. The molecule has 0 bridgehead atoms. The molecule has 250 valence electrons. The number of methoxy groups -OCH3 is 2. The number of H-pyrrole nitrogens is 1. The molecule has 3 amide bonds. The molecule has 0 radical (unpaired) electrons. The molecule has 12 heteroatoms. The van der Waals surface area contributed by atoms with Crippen molar-refractivity contribution in [2.24, 2.45) is 5.92 Å². The largest absolute Gasteiger partial charge is 0.496 e. The number of carbonyl (C=O) groups is 3. The highest BCUT2D eigenvalue weighted by Crippen LogP contribution is 2.39. The van der Waals surface area contributed by atoms with Crippen LogP contribution in [0.3, 0.4) is 0 Å². The Balaban J connectivity index is 1.05. The maximum absolute atomic E-state index is 13.2. The third-order valence-electron chi connectivity index (χ3n) is 9.44. The molecule has 49 heavy (non-hydrogen) atoms. The summed E-state index contributed by atoms with van der Waals surface area (Å²) in [6.45, 7) is 2.48. The molecular formula is C37H36N6O6. The zero-order chi connectivity index (χ0) is 34.4. The molecule has 2 N–H and O–H groups in total. The summed E-state index contributed by atoms with van der Waals surface area (Å²) in [6.07, 6.45) is 3.86. The maximum atomic E-state index is 13.2. The Bertz CT molecular complexity index is 2120. The molecule has 5 heterocycles. The molecular weight excluding hydrogens is 624 g/mol. The molecule has 3 aliphatic rings. The number of ether oxygens (including phenoxy) is 2. The van der Waals surface area contributed by atoms with Crippen LogP contribution in [0.1, 0.15) is 39.9 Å². The van der Waals surface area contributed by atoms with Crippen LogP contribution in [-0.4, -0.2) is 84.9 Å². The summed E-state index contributed by atoms with van der Waals surface area (Å²) in [4.78, 5) is 62.7. The van der Waals surface area contributed by atoms with Crippen molar-refractivity contribution >= 4 is 34.3 Å².